The molecule has 10 heteroatoms. The third kappa shape index (κ3) is 6.31. The zero-order valence-corrected chi connectivity index (χ0v) is 29.5. The first kappa shape index (κ1) is 35.3. The van der Waals surface area contributed by atoms with E-state index in [4.69, 9.17) is 9.47 Å². The van der Waals surface area contributed by atoms with E-state index in [0.29, 0.717) is 48.7 Å². The fourth-order valence-corrected chi connectivity index (χ4v) is 10.3. The topological polar surface area (TPSA) is 99.6 Å². The van der Waals surface area contributed by atoms with Crippen molar-refractivity contribution in [3.8, 4) is 11.5 Å². The molecule has 3 saturated heterocycles. The predicted molar refractivity (Wildman–Crippen MR) is 198 cm³/mol. The summed E-state index contributed by atoms with van der Waals surface area (Å²) in [5, 5.41) is 10.8. The number of anilines is 2. The Morgan fingerprint density at radius 2 is 1.56 bits per heavy atom. The number of carbonyl (C=O) groups is 3. The number of aliphatic hydroxyl groups excluding tert-OH is 1. The Labute approximate surface area is 298 Å². The molecule has 2 unspecified atom stereocenters. The van der Waals surface area contributed by atoms with Gasteiger partial charge in [0.15, 0.2) is 0 Å². The number of hydrogen-bond acceptors (Lipinski definition) is 7. The van der Waals surface area contributed by atoms with Gasteiger partial charge in [0.2, 0.25) is 11.8 Å². The third-order valence-corrected chi connectivity index (χ3v) is 12.1. The van der Waals surface area contributed by atoms with Crippen molar-refractivity contribution in [3.63, 3.8) is 0 Å². The van der Waals surface area contributed by atoms with E-state index < -0.39 is 28.7 Å². The van der Waals surface area contributed by atoms with Gasteiger partial charge in [0.1, 0.15) is 17.5 Å². The van der Waals surface area contributed by atoms with E-state index in [2.05, 4.69) is 13.2 Å². The zero-order valence-electron chi connectivity index (χ0n) is 28.6. The number of amides is 3. The molecule has 6 rings (SSSR count). The van der Waals surface area contributed by atoms with Gasteiger partial charge in [0.05, 0.1) is 42.9 Å². The maximum Gasteiger partial charge on any atom is 0.251 e. The summed E-state index contributed by atoms with van der Waals surface area (Å²) in [4.78, 5) is 49.8. The molecular weight excluding hydrogens is 651 g/mol. The summed E-state index contributed by atoms with van der Waals surface area (Å²) in [5.41, 5.74) is 2.27. The monoisotopic (exact) mass is 695 g/mol. The minimum absolute atomic E-state index is 0.139. The summed E-state index contributed by atoms with van der Waals surface area (Å²) in [7, 11) is 1.59. The lowest BCUT2D eigenvalue weighted by atomic mass is 9.70. The normalized spacial score (nSPS) is 24.0. The SMILES string of the molecule is C=CCN(C(=O)C1N([C@@H](CO)Cc2ccccc2)C(=O)[C@@H]2[C@@H](C(=O)N(CC=C)c3ccc(OCC)cc3)[C@H]3CCC12S3)c1ccc(OC)cc1. The Morgan fingerprint density at radius 3 is 2.12 bits per heavy atom. The quantitative estimate of drug-likeness (QED) is 0.209. The lowest BCUT2D eigenvalue weighted by Crippen LogP contribution is -2.58. The molecule has 9 nitrogen and oxygen atoms in total. The Hall–Kier alpha value is -4.54. The number of nitrogens with zero attached hydrogens (tertiary/aromatic N) is 3. The second kappa shape index (κ2) is 15.1. The molecule has 6 atom stereocenters. The number of aliphatic hydroxyl groups is 1. The first-order chi connectivity index (χ1) is 24.3. The van der Waals surface area contributed by atoms with Crippen molar-refractivity contribution in [1.29, 1.82) is 0 Å². The van der Waals surface area contributed by atoms with E-state index in [0.717, 1.165) is 5.56 Å². The summed E-state index contributed by atoms with van der Waals surface area (Å²) >= 11 is 1.61. The van der Waals surface area contributed by atoms with Gasteiger partial charge in [-0.05, 0) is 80.3 Å². The number of fused-ring (bicyclic) bond motifs is 1. The van der Waals surface area contributed by atoms with Gasteiger partial charge in [-0.2, -0.15) is 0 Å². The molecule has 0 aliphatic carbocycles. The standard InChI is InChI=1S/C40H45N3O6S/c1-5-23-41(28-15-19-32(20-16-28)49-7-3)37(45)34-33-21-22-40(50-33)35(34)38(46)43(30(26-44)25-27-11-9-8-10-12-27)36(40)39(47)42(24-6-2)29-13-17-31(48-4)18-14-29/h5-6,8-20,30,33-36,44H,1-2,7,21-26H2,3-4H3/t30-,33-,34+,35+,36?,40?/m1/s1. The number of methoxy groups -OCH3 is 1. The van der Waals surface area contributed by atoms with Gasteiger partial charge in [-0.3, -0.25) is 14.4 Å². The molecule has 0 saturated carbocycles. The van der Waals surface area contributed by atoms with Crippen LogP contribution in [0, 0.1) is 11.8 Å². The Balaban J connectivity index is 1.42. The van der Waals surface area contributed by atoms with Crippen LogP contribution in [0.1, 0.15) is 25.3 Å². The molecule has 3 aliphatic rings. The molecule has 3 amide bonds. The number of hydrogen-bond donors (Lipinski definition) is 1. The average molecular weight is 696 g/mol. The molecule has 3 aromatic carbocycles. The minimum atomic E-state index is -0.908. The van der Waals surface area contributed by atoms with Crippen LogP contribution in [0.5, 0.6) is 11.5 Å². The van der Waals surface area contributed by atoms with Crippen LogP contribution in [0.4, 0.5) is 11.4 Å². The molecule has 3 aromatic rings. The molecule has 1 spiro atoms. The van der Waals surface area contributed by atoms with Crippen LogP contribution in [0.2, 0.25) is 0 Å². The number of thioether (sulfide) groups is 1. The van der Waals surface area contributed by atoms with E-state index in [1.54, 1.807) is 57.9 Å². The van der Waals surface area contributed by atoms with Crippen LogP contribution in [-0.2, 0) is 20.8 Å². The molecule has 50 heavy (non-hydrogen) atoms. The van der Waals surface area contributed by atoms with Gasteiger partial charge in [-0.15, -0.1) is 24.9 Å². The van der Waals surface area contributed by atoms with Crippen LogP contribution in [0.3, 0.4) is 0 Å². The molecule has 1 N–H and O–H groups in total. The average Bonchev–Trinajstić information content (AvgIpc) is 3.80. The van der Waals surface area contributed by atoms with Crippen LogP contribution in [0.15, 0.2) is 104 Å². The van der Waals surface area contributed by atoms with Crippen LogP contribution in [-0.4, -0.2) is 83.2 Å². The summed E-state index contributed by atoms with van der Waals surface area (Å²) in [6.45, 7) is 10.4. The van der Waals surface area contributed by atoms with Gasteiger partial charge in [0, 0.05) is 29.7 Å². The molecule has 3 aliphatic heterocycles. The molecule has 3 fully saturated rings. The molecule has 262 valence electrons. The zero-order chi connectivity index (χ0) is 35.4. The largest absolute Gasteiger partial charge is 0.497 e. The summed E-state index contributed by atoms with van der Waals surface area (Å²) < 4.78 is 10.1. The van der Waals surface area contributed by atoms with E-state index >= 15 is 9.59 Å². The molecule has 2 bridgehead atoms. The highest BCUT2D eigenvalue weighted by molar-refractivity contribution is 8.02. The van der Waals surface area contributed by atoms with E-state index in [1.165, 1.54) is 0 Å². The minimum Gasteiger partial charge on any atom is -0.497 e. The van der Waals surface area contributed by atoms with Gasteiger partial charge in [-0.25, -0.2) is 0 Å². The van der Waals surface area contributed by atoms with Crippen molar-refractivity contribution in [3.05, 3.63) is 110 Å². The number of ether oxygens (including phenoxy) is 2. The fraction of sp³-hybridized carbons (Fsp3) is 0.375. The Morgan fingerprint density at radius 1 is 0.960 bits per heavy atom. The number of rotatable bonds is 15. The third-order valence-electron chi connectivity index (χ3n) is 10.2. The summed E-state index contributed by atoms with van der Waals surface area (Å²) in [5.74, 6) is -0.720. The summed E-state index contributed by atoms with van der Waals surface area (Å²) in [6.07, 6.45) is 5.01. The number of likely N-dealkylation sites (tertiary alicyclic amines) is 1. The van der Waals surface area contributed by atoms with Crippen LogP contribution >= 0.6 is 11.8 Å². The van der Waals surface area contributed by atoms with Crippen molar-refractivity contribution >= 4 is 40.9 Å². The second-order valence-corrected chi connectivity index (χ2v) is 14.5. The van der Waals surface area contributed by atoms with E-state index in [9.17, 15) is 9.90 Å². The van der Waals surface area contributed by atoms with Crippen molar-refractivity contribution in [2.75, 3.05) is 43.2 Å². The van der Waals surface area contributed by atoms with Gasteiger partial charge in [-0.1, -0.05) is 42.5 Å². The predicted octanol–water partition coefficient (Wildman–Crippen LogP) is 5.53. The Kier molecular flexibility index (Phi) is 10.7. The van der Waals surface area contributed by atoms with E-state index in [-0.39, 0.29) is 42.7 Å². The maximum atomic E-state index is 15.1. The second-order valence-electron chi connectivity index (χ2n) is 12.9. The van der Waals surface area contributed by atoms with Gasteiger partial charge in [0.25, 0.3) is 5.91 Å². The van der Waals surface area contributed by atoms with Crippen molar-refractivity contribution < 1.29 is 29.0 Å². The first-order valence-electron chi connectivity index (χ1n) is 17.2. The van der Waals surface area contributed by atoms with Gasteiger partial charge >= 0.3 is 0 Å². The van der Waals surface area contributed by atoms with Crippen LogP contribution in [0.25, 0.3) is 0 Å². The lowest BCUT2D eigenvalue weighted by molar-refractivity contribution is -0.141. The van der Waals surface area contributed by atoms with Crippen LogP contribution < -0.4 is 19.3 Å². The number of benzene rings is 3. The first-order valence-corrected chi connectivity index (χ1v) is 18.1. The molecular formula is C40H45N3O6S. The molecule has 0 aromatic heterocycles. The van der Waals surface area contributed by atoms with Crippen molar-refractivity contribution in [2.24, 2.45) is 11.8 Å². The van der Waals surface area contributed by atoms with Crippen molar-refractivity contribution in [1.82, 2.24) is 4.90 Å². The highest BCUT2D eigenvalue weighted by Gasteiger charge is 2.74. The smallest absolute Gasteiger partial charge is 0.251 e. The Bertz CT molecular complexity index is 1700. The fourth-order valence-electron chi connectivity index (χ4n) is 8.06. The lowest BCUT2D eigenvalue weighted by Gasteiger charge is -2.39. The number of carbonyl (C=O) groups excluding carboxylic acids is 3. The van der Waals surface area contributed by atoms with Gasteiger partial charge < -0.3 is 29.3 Å². The highest BCUT2D eigenvalue weighted by Crippen LogP contribution is 2.67. The summed E-state index contributed by atoms with van der Waals surface area (Å²) in [6, 6.07) is 22.7. The van der Waals surface area contributed by atoms with Crippen molar-refractivity contribution in [2.45, 2.75) is 48.3 Å². The molecule has 3 heterocycles. The van der Waals surface area contributed by atoms with E-state index in [1.807, 2.05) is 73.7 Å². The highest BCUT2D eigenvalue weighted by atomic mass is 32.2. The maximum absolute atomic E-state index is 15.1. The molecule has 0 radical (unpaired) electrons.